The minimum absolute atomic E-state index is 0.0513. The summed E-state index contributed by atoms with van der Waals surface area (Å²) in [7, 11) is 0. The van der Waals surface area contributed by atoms with Gasteiger partial charge in [-0.3, -0.25) is 9.59 Å². The molecule has 9 nitrogen and oxygen atoms in total. The number of halogens is 3. The molecule has 0 saturated carbocycles. The Balaban J connectivity index is 1.39. The number of hydrogen-bond acceptors (Lipinski definition) is 7. The van der Waals surface area contributed by atoms with Gasteiger partial charge in [0.15, 0.2) is 11.3 Å². The molecule has 33 heavy (non-hydrogen) atoms. The molecule has 1 aliphatic rings. The van der Waals surface area contributed by atoms with Crippen molar-refractivity contribution < 1.29 is 27.4 Å². The Morgan fingerprint density at radius 3 is 2.58 bits per heavy atom. The molecule has 12 heteroatoms. The van der Waals surface area contributed by atoms with Crippen LogP contribution in [-0.4, -0.2) is 71.5 Å². The SMILES string of the molecule is Cc1ccc(N2CCN(C(=O)CCOC[C@H](C)Oc3cn[nH]c(=O)c3C(F)(F)F)CC2)nc1. The van der Waals surface area contributed by atoms with Gasteiger partial charge in [0, 0.05) is 32.4 Å². The van der Waals surface area contributed by atoms with E-state index in [9.17, 15) is 22.8 Å². The van der Waals surface area contributed by atoms with Gasteiger partial charge in [0.1, 0.15) is 11.9 Å². The molecule has 0 spiro atoms. The molecule has 1 aliphatic heterocycles. The summed E-state index contributed by atoms with van der Waals surface area (Å²) < 4.78 is 49.8. The molecule has 1 N–H and O–H groups in total. The number of anilines is 1. The summed E-state index contributed by atoms with van der Waals surface area (Å²) in [5.74, 6) is 0.159. The van der Waals surface area contributed by atoms with Crippen LogP contribution in [0.15, 0.2) is 29.3 Å². The molecular weight excluding hydrogens is 443 g/mol. The minimum Gasteiger partial charge on any atom is -0.486 e. The fourth-order valence-corrected chi connectivity index (χ4v) is 3.39. The van der Waals surface area contributed by atoms with Gasteiger partial charge in [-0.25, -0.2) is 10.1 Å². The molecule has 2 aromatic rings. The van der Waals surface area contributed by atoms with Crippen molar-refractivity contribution in [1.29, 1.82) is 0 Å². The molecule has 3 rings (SSSR count). The van der Waals surface area contributed by atoms with Gasteiger partial charge in [0.25, 0.3) is 5.56 Å². The first-order valence-corrected chi connectivity index (χ1v) is 10.5. The van der Waals surface area contributed by atoms with Crippen LogP contribution in [-0.2, 0) is 15.7 Å². The highest BCUT2D eigenvalue weighted by Gasteiger charge is 2.38. The van der Waals surface area contributed by atoms with Crippen LogP contribution in [0.3, 0.4) is 0 Å². The number of piperazine rings is 1. The predicted octanol–water partition coefficient (Wildman–Crippen LogP) is 2.01. The second kappa shape index (κ2) is 10.6. The van der Waals surface area contributed by atoms with Crippen LogP contribution in [0.1, 0.15) is 24.5 Å². The first kappa shape index (κ1) is 24.5. The van der Waals surface area contributed by atoms with E-state index >= 15 is 0 Å². The van der Waals surface area contributed by atoms with E-state index in [1.165, 1.54) is 6.92 Å². The Kier molecular flexibility index (Phi) is 7.90. The number of nitrogens with zero attached hydrogens (tertiary/aromatic N) is 4. The van der Waals surface area contributed by atoms with Gasteiger partial charge in [-0.05, 0) is 25.5 Å². The van der Waals surface area contributed by atoms with Crippen molar-refractivity contribution in [2.24, 2.45) is 0 Å². The molecule has 0 aliphatic carbocycles. The van der Waals surface area contributed by atoms with E-state index < -0.39 is 29.2 Å². The number of amides is 1. The second-order valence-corrected chi connectivity index (χ2v) is 7.75. The maximum absolute atomic E-state index is 13.1. The second-order valence-electron chi connectivity index (χ2n) is 7.75. The normalized spacial score (nSPS) is 15.4. The fraction of sp³-hybridized carbons (Fsp3) is 0.524. The van der Waals surface area contributed by atoms with Crippen molar-refractivity contribution in [3.05, 3.63) is 46.0 Å². The monoisotopic (exact) mass is 469 g/mol. The average molecular weight is 469 g/mol. The third kappa shape index (κ3) is 6.67. The highest BCUT2D eigenvalue weighted by Crippen LogP contribution is 2.33. The van der Waals surface area contributed by atoms with Crippen LogP contribution in [0.25, 0.3) is 0 Å². The number of hydrogen-bond donors (Lipinski definition) is 1. The minimum atomic E-state index is -4.88. The maximum Gasteiger partial charge on any atom is 0.425 e. The van der Waals surface area contributed by atoms with Gasteiger partial charge in [-0.2, -0.15) is 18.3 Å². The Bertz CT molecular complexity index is 989. The van der Waals surface area contributed by atoms with Crippen molar-refractivity contribution in [3.63, 3.8) is 0 Å². The van der Waals surface area contributed by atoms with Crippen LogP contribution in [0, 0.1) is 6.92 Å². The zero-order valence-electron chi connectivity index (χ0n) is 18.4. The van der Waals surface area contributed by atoms with E-state index in [1.54, 1.807) is 10.00 Å². The number of H-pyrrole nitrogens is 1. The third-order valence-electron chi connectivity index (χ3n) is 5.10. The number of aryl methyl sites for hydroxylation is 1. The van der Waals surface area contributed by atoms with Crippen LogP contribution < -0.4 is 15.2 Å². The van der Waals surface area contributed by atoms with Crippen LogP contribution >= 0.6 is 0 Å². The summed E-state index contributed by atoms with van der Waals surface area (Å²) in [5, 5.41) is 5.10. The zero-order chi connectivity index (χ0) is 24.0. The Labute approximate surface area is 188 Å². The van der Waals surface area contributed by atoms with Gasteiger partial charge in [-0.15, -0.1) is 0 Å². The first-order chi connectivity index (χ1) is 15.6. The molecule has 1 amide bonds. The van der Waals surface area contributed by atoms with Gasteiger partial charge >= 0.3 is 6.18 Å². The predicted molar refractivity (Wildman–Crippen MR) is 113 cm³/mol. The number of carbonyl (C=O) groups is 1. The highest BCUT2D eigenvalue weighted by molar-refractivity contribution is 5.76. The van der Waals surface area contributed by atoms with E-state index in [2.05, 4.69) is 15.0 Å². The number of nitrogens with one attached hydrogen (secondary N) is 1. The van der Waals surface area contributed by atoms with E-state index in [0.717, 1.165) is 17.6 Å². The Morgan fingerprint density at radius 2 is 1.94 bits per heavy atom. The molecule has 0 aromatic carbocycles. The lowest BCUT2D eigenvalue weighted by atomic mass is 10.2. The lowest BCUT2D eigenvalue weighted by molar-refractivity contribution is -0.141. The van der Waals surface area contributed by atoms with Crippen molar-refractivity contribution in [1.82, 2.24) is 20.1 Å². The molecule has 1 saturated heterocycles. The quantitative estimate of drug-likeness (QED) is 0.591. The lowest BCUT2D eigenvalue weighted by Gasteiger charge is -2.35. The summed E-state index contributed by atoms with van der Waals surface area (Å²) in [5.41, 5.74) is -1.74. The third-order valence-corrected chi connectivity index (χ3v) is 5.10. The smallest absolute Gasteiger partial charge is 0.425 e. The van der Waals surface area contributed by atoms with Gasteiger partial charge in [0.05, 0.1) is 25.8 Å². The summed E-state index contributed by atoms with van der Waals surface area (Å²) in [6.45, 7) is 6.03. The topological polar surface area (TPSA) is 101 Å². The molecule has 0 bridgehead atoms. The molecule has 180 valence electrons. The van der Waals surface area contributed by atoms with E-state index in [1.807, 2.05) is 25.3 Å². The number of ether oxygens (including phenoxy) is 2. The van der Waals surface area contributed by atoms with Gasteiger partial charge < -0.3 is 19.3 Å². The maximum atomic E-state index is 13.1. The summed E-state index contributed by atoms with van der Waals surface area (Å²) in [6, 6.07) is 3.96. The number of rotatable bonds is 8. The summed E-state index contributed by atoms with van der Waals surface area (Å²) >= 11 is 0. The van der Waals surface area contributed by atoms with Crippen molar-refractivity contribution in [3.8, 4) is 5.75 Å². The molecular formula is C21H26F3N5O4. The van der Waals surface area contributed by atoms with Gasteiger partial charge in [-0.1, -0.05) is 6.07 Å². The molecule has 0 radical (unpaired) electrons. The average Bonchev–Trinajstić information content (AvgIpc) is 2.76. The number of alkyl halides is 3. The van der Waals surface area contributed by atoms with E-state index in [-0.39, 0.29) is 25.5 Å². The number of aromatic nitrogens is 3. The van der Waals surface area contributed by atoms with E-state index in [4.69, 9.17) is 9.47 Å². The van der Waals surface area contributed by atoms with Crippen LogP contribution in [0.4, 0.5) is 19.0 Å². The standard InChI is InChI=1S/C21H26F3N5O4/c1-14-3-4-17(25-11-14)28-6-8-29(9-7-28)18(30)5-10-32-13-15(2)33-16-12-26-27-20(31)19(16)21(22,23)24/h3-4,11-12,15H,5-10,13H2,1-2H3,(H,27,31)/t15-/m0/s1. The van der Waals surface area contributed by atoms with Crippen molar-refractivity contribution >= 4 is 11.7 Å². The zero-order valence-corrected chi connectivity index (χ0v) is 18.4. The summed E-state index contributed by atoms with van der Waals surface area (Å²) in [6.07, 6.45) is -2.90. The Hall–Kier alpha value is -3.15. The van der Waals surface area contributed by atoms with Crippen molar-refractivity contribution in [2.45, 2.75) is 32.5 Å². The van der Waals surface area contributed by atoms with Crippen LogP contribution in [0.2, 0.25) is 0 Å². The number of carbonyl (C=O) groups excluding carboxylic acids is 1. The fourth-order valence-electron chi connectivity index (χ4n) is 3.39. The molecule has 2 aromatic heterocycles. The number of aromatic amines is 1. The lowest BCUT2D eigenvalue weighted by Crippen LogP contribution is -2.49. The van der Waals surface area contributed by atoms with E-state index in [0.29, 0.717) is 26.2 Å². The molecule has 0 unspecified atom stereocenters. The molecule has 3 heterocycles. The van der Waals surface area contributed by atoms with Gasteiger partial charge in [0.2, 0.25) is 5.91 Å². The summed E-state index contributed by atoms with van der Waals surface area (Å²) in [4.78, 5) is 32.2. The Morgan fingerprint density at radius 1 is 1.21 bits per heavy atom. The van der Waals surface area contributed by atoms with Crippen molar-refractivity contribution in [2.75, 3.05) is 44.3 Å². The molecule has 1 fully saturated rings. The van der Waals surface area contributed by atoms with Crippen LogP contribution in [0.5, 0.6) is 5.75 Å². The number of pyridine rings is 1. The molecule has 1 atom stereocenters. The first-order valence-electron chi connectivity index (χ1n) is 10.5. The highest BCUT2D eigenvalue weighted by atomic mass is 19.4. The largest absolute Gasteiger partial charge is 0.486 e.